The Morgan fingerprint density at radius 3 is 3.00 bits per heavy atom. The predicted octanol–water partition coefficient (Wildman–Crippen LogP) is 3.38. The Labute approximate surface area is 91.0 Å². The molecule has 0 aliphatic rings. The predicted molar refractivity (Wildman–Crippen MR) is 60.3 cm³/mol. The monoisotopic (exact) mass is 254 g/mol. The molecule has 0 aliphatic carbocycles. The Kier molecular flexibility index (Phi) is 2.77. The summed E-state index contributed by atoms with van der Waals surface area (Å²) in [5.41, 5.74) is 2.14. The molecule has 0 fully saturated rings. The van der Waals surface area contributed by atoms with Crippen LogP contribution in [0.3, 0.4) is 0 Å². The van der Waals surface area contributed by atoms with Gasteiger partial charge in [-0.25, -0.2) is 0 Å². The molecule has 1 aromatic carbocycles. The SMILES string of the molecule is COc1ccc2occ(CCBr)c2c1. The van der Waals surface area contributed by atoms with Crippen molar-refractivity contribution in [2.24, 2.45) is 0 Å². The van der Waals surface area contributed by atoms with Gasteiger partial charge in [-0.1, -0.05) is 15.9 Å². The second kappa shape index (κ2) is 4.05. The molecule has 74 valence electrons. The highest BCUT2D eigenvalue weighted by atomic mass is 79.9. The number of furan rings is 1. The van der Waals surface area contributed by atoms with Gasteiger partial charge in [-0.05, 0) is 30.2 Å². The zero-order chi connectivity index (χ0) is 9.97. The first-order valence-corrected chi connectivity index (χ1v) is 5.57. The fourth-order valence-electron chi connectivity index (χ4n) is 1.48. The molecule has 0 spiro atoms. The quantitative estimate of drug-likeness (QED) is 0.784. The molecule has 0 aliphatic heterocycles. The third kappa shape index (κ3) is 1.64. The topological polar surface area (TPSA) is 22.4 Å². The number of aryl methyl sites for hydroxylation is 1. The van der Waals surface area contributed by atoms with Gasteiger partial charge in [0.15, 0.2) is 0 Å². The highest BCUT2D eigenvalue weighted by Gasteiger charge is 2.05. The Bertz CT molecular complexity index is 434. The van der Waals surface area contributed by atoms with Crippen molar-refractivity contribution in [3.05, 3.63) is 30.0 Å². The largest absolute Gasteiger partial charge is 0.497 e. The molecule has 2 rings (SSSR count). The molecule has 0 saturated carbocycles. The normalized spacial score (nSPS) is 10.7. The summed E-state index contributed by atoms with van der Waals surface area (Å²) < 4.78 is 10.6. The van der Waals surface area contributed by atoms with Crippen molar-refractivity contribution >= 4 is 26.9 Å². The standard InChI is InChI=1S/C11H11BrO2/c1-13-9-2-3-11-10(6-9)8(4-5-12)7-14-11/h2-3,6-7H,4-5H2,1H3. The van der Waals surface area contributed by atoms with Crippen LogP contribution in [-0.4, -0.2) is 12.4 Å². The second-order valence-electron chi connectivity index (χ2n) is 3.06. The number of halogens is 1. The summed E-state index contributed by atoms with van der Waals surface area (Å²) in [6.07, 6.45) is 2.78. The first-order valence-electron chi connectivity index (χ1n) is 4.45. The summed E-state index contributed by atoms with van der Waals surface area (Å²) in [4.78, 5) is 0. The van der Waals surface area contributed by atoms with Gasteiger partial charge in [0.1, 0.15) is 11.3 Å². The van der Waals surface area contributed by atoms with Gasteiger partial charge in [-0.3, -0.25) is 0 Å². The van der Waals surface area contributed by atoms with Crippen molar-refractivity contribution in [1.29, 1.82) is 0 Å². The summed E-state index contributed by atoms with van der Waals surface area (Å²) in [6, 6.07) is 5.85. The van der Waals surface area contributed by atoms with Gasteiger partial charge < -0.3 is 9.15 Å². The summed E-state index contributed by atoms with van der Waals surface area (Å²) in [5.74, 6) is 0.870. The Morgan fingerprint density at radius 1 is 1.43 bits per heavy atom. The van der Waals surface area contributed by atoms with E-state index in [2.05, 4.69) is 15.9 Å². The number of rotatable bonds is 3. The van der Waals surface area contributed by atoms with Crippen LogP contribution in [0.15, 0.2) is 28.9 Å². The minimum Gasteiger partial charge on any atom is -0.497 e. The van der Waals surface area contributed by atoms with E-state index in [4.69, 9.17) is 9.15 Å². The van der Waals surface area contributed by atoms with Crippen molar-refractivity contribution in [2.45, 2.75) is 6.42 Å². The van der Waals surface area contributed by atoms with Crippen LogP contribution in [0.2, 0.25) is 0 Å². The number of methoxy groups -OCH3 is 1. The maximum absolute atomic E-state index is 5.42. The molecule has 2 aromatic rings. The molecule has 0 N–H and O–H groups in total. The maximum atomic E-state index is 5.42. The van der Waals surface area contributed by atoms with Gasteiger partial charge in [-0.2, -0.15) is 0 Å². The van der Waals surface area contributed by atoms with Crippen LogP contribution in [0.25, 0.3) is 11.0 Å². The Hall–Kier alpha value is -0.960. The first-order chi connectivity index (χ1) is 6.85. The molecule has 0 radical (unpaired) electrons. The average molecular weight is 255 g/mol. The molecular formula is C11H11BrO2. The van der Waals surface area contributed by atoms with Crippen LogP contribution in [0.4, 0.5) is 0 Å². The van der Waals surface area contributed by atoms with Crippen molar-refractivity contribution in [3.63, 3.8) is 0 Å². The van der Waals surface area contributed by atoms with Crippen LogP contribution in [0, 0.1) is 0 Å². The molecule has 1 heterocycles. The molecule has 0 amide bonds. The van der Waals surface area contributed by atoms with Crippen LogP contribution in [0.1, 0.15) is 5.56 Å². The summed E-state index contributed by atoms with van der Waals surface area (Å²) in [5, 5.41) is 2.09. The number of hydrogen-bond acceptors (Lipinski definition) is 2. The lowest BCUT2D eigenvalue weighted by molar-refractivity contribution is 0.415. The van der Waals surface area contributed by atoms with E-state index < -0.39 is 0 Å². The number of fused-ring (bicyclic) bond motifs is 1. The Morgan fingerprint density at radius 2 is 2.29 bits per heavy atom. The number of hydrogen-bond donors (Lipinski definition) is 0. The van der Waals surface area contributed by atoms with Gasteiger partial charge in [0.25, 0.3) is 0 Å². The van der Waals surface area contributed by atoms with E-state index in [1.54, 1.807) is 7.11 Å². The highest BCUT2D eigenvalue weighted by Crippen LogP contribution is 2.26. The molecule has 0 bridgehead atoms. The van der Waals surface area contributed by atoms with E-state index in [9.17, 15) is 0 Å². The van der Waals surface area contributed by atoms with E-state index in [1.165, 1.54) is 5.56 Å². The molecule has 0 saturated heterocycles. The second-order valence-corrected chi connectivity index (χ2v) is 3.86. The maximum Gasteiger partial charge on any atom is 0.134 e. The van der Waals surface area contributed by atoms with Crippen molar-refractivity contribution in [2.75, 3.05) is 12.4 Å². The summed E-state index contributed by atoms with van der Waals surface area (Å²) in [7, 11) is 1.67. The number of ether oxygens (including phenoxy) is 1. The minimum absolute atomic E-state index is 0.870. The third-order valence-corrected chi connectivity index (χ3v) is 2.62. The molecule has 2 nitrogen and oxygen atoms in total. The van der Waals surface area contributed by atoms with E-state index in [0.29, 0.717) is 0 Å². The molecule has 1 aromatic heterocycles. The molecule has 14 heavy (non-hydrogen) atoms. The van der Waals surface area contributed by atoms with Crippen LogP contribution < -0.4 is 4.74 Å². The van der Waals surface area contributed by atoms with E-state index in [1.807, 2.05) is 24.5 Å². The number of alkyl halides is 1. The Balaban J connectivity index is 2.52. The van der Waals surface area contributed by atoms with Crippen LogP contribution >= 0.6 is 15.9 Å². The summed E-state index contributed by atoms with van der Waals surface area (Å²) in [6.45, 7) is 0. The summed E-state index contributed by atoms with van der Waals surface area (Å²) >= 11 is 3.42. The van der Waals surface area contributed by atoms with Gasteiger partial charge in [0, 0.05) is 10.7 Å². The third-order valence-electron chi connectivity index (χ3n) is 2.22. The van der Waals surface area contributed by atoms with Crippen molar-refractivity contribution in [3.8, 4) is 5.75 Å². The van der Waals surface area contributed by atoms with Crippen LogP contribution in [0.5, 0.6) is 5.75 Å². The zero-order valence-corrected chi connectivity index (χ0v) is 9.50. The van der Waals surface area contributed by atoms with Gasteiger partial charge in [0.2, 0.25) is 0 Å². The number of benzene rings is 1. The average Bonchev–Trinajstić information content (AvgIpc) is 2.61. The molecule has 0 unspecified atom stereocenters. The molecule has 3 heteroatoms. The van der Waals surface area contributed by atoms with Gasteiger partial charge in [-0.15, -0.1) is 0 Å². The lowest BCUT2D eigenvalue weighted by atomic mass is 10.1. The van der Waals surface area contributed by atoms with Crippen molar-refractivity contribution in [1.82, 2.24) is 0 Å². The lowest BCUT2D eigenvalue weighted by Crippen LogP contribution is -1.84. The van der Waals surface area contributed by atoms with Crippen molar-refractivity contribution < 1.29 is 9.15 Å². The van der Waals surface area contributed by atoms with E-state index in [0.717, 1.165) is 28.5 Å². The fourth-order valence-corrected chi connectivity index (χ4v) is 1.91. The fraction of sp³-hybridized carbons (Fsp3) is 0.273. The van der Waals surface area contributed by atoms with E-state index in [-0.39, 0.29) is 0 Å². The first kappa shape index (κ1) is 9.59. The molecule has 0 atom stereocenters. The smallest absolute Gasteiger partial charge is 0.134 e. The van der Waals surface area contributed by atoms with Gasteiger partial charge in [0.05, 0.1) is 13.4 Å². The van der Waals surface area contributed by atoms with Gasteiger partial charge >= 0.3 is 0 Å². The lowest BCUT2D eigenvalue weighted by Gasteiger charge is -1.99. The minimum atomic E-state index is 0.870. The van der Waals surface area contributed by atoms with Crippen LogP contribution in [-0.2, 0) is 6.42 Å². The highest BCUT2D eigenvalue weighted by molar-refractivity contribution is 9.09. The zero-order valence-electron chi connectivity index (χ0n) is 7.92. The molecular weight excluding hydrogens is 244 g/mol. The van der Waals surface area contributed by atoms with E-state index >= 15 is 0 Å².